The van der Waals surface area contributed by atoms with E-state index in [9.17, 15) is 9.59 Å². The van der Waals surface area contributed by atoms with E-state index in [4.69, 9.17) is 13.9 Å². The lowest BCUT2D eigenvalue weighted by Gasteiger charge is -2.11. The summed E-state index contributed by atoms with van der Waals surface area (Å²) in [7, 11) is 3.05. The fourth-order valence-electron chi connectivity index (χ4n) is 3.92. The van der Waals surface area contributed by atoms with Crippen LogP contribution < -0.4 is 25.2 Å². The zero-order valence-electron chi connectivity index (χ0n) is 18.7. The molecule has 4 heterocycles. The van der Waals surface area contributed by atoms with E-state index in [2.05, 4.69) is 20.3 Å². The van der Waals surface area contributed by atoms with E-state index in [1.54, 1.807) is 36.6 Å². The van der Waals surface area contributed by atoms with Crippen LogP contribution in [0.1, 0.15) is 12.8 Å². The molecule has 1 aliphatic rings. The summed E-state index contributed by atoms with van der Waals surface area (Å²) in [6, 6.07) is 8.55. The van der Waals surface area contributed by atoms with Gasteiger partial charge in [-0.05, 0) is 37.1 Å². The molecule has 0 atom stereocenters. The Balaban J connectivity index is 1.48. The van der Waals surface area contributed by atoms with E-state index in [0.717, 1.165) is 35.7 Å². The number of benzene rings is 1. The molecule has 34 heavy (non-hydrogen) atoms. The maximum absolute atomic E-state index is 13.2. The molecule has 0 bridgehead atoms. The maximum Gasteiger partial charge on any atom is 0.294 e. The standard InChI is InChI=1S/C23H23N5O5S/c1-31-15-8-7-14(12-17(15)32-2)24-18(29)13-28-22(30)20-21(19(26-28)16-6-5-11-33-16)34-23(25-20)27-9-3-4-10-27/h5-8,11-12H,3-4,9-10,13H2,1-2H3,(H,24,29). The molecule has 3 aromatic heterocycles. The van der Waals surface area contributed by atoms with Crippen LogP contribution in [0.4, 0.5) is 10.8 Å². The van der Waals surface area contributed by atoms with Gasteiger partial charge in [0.15, 0.2) is 27.9 Å². The van der Waals surface area contributed by atoms with Crippen LogP contribution in [0.25, 0.3) is 21.7 Å². The van der Waals surface area contributed by atoms with Gasteiger partial charge in [-0.3, -0.25) is 9.59 Å². The molecule has 1 saturated heterocycles. The van der Waals surface area contributed by atoms with Gasteiger partial charge in [0, 0.05) is 24.8 Å². The lowest BCUT2D eigenvalue weighted by atomic mass is 10.2. The van der Waals surface area contributed by atoms with Gasteiger partial charge in [0.25, 0.3) is 5.56 Å². The van der Waals surface area contributed by atoms with Crippen molar-refractivity contribution in [3.8, 4) is 23.0 Å². The number of nitrogens with zero attached hydrogens (tertiary/aromatic N) is 4. The molecule has 1 amide bonds. The number of fused-ring (bicyclic) bond motifs is 1. The minimum atomic E-state index is -0.422. The van der Waals surface area contributed by atoms with Gasteiger partial charge >= 0.3 is 0 Å². The molecule has 5 rings (SSSR count). The van der Waals surface area contributed by atoms with Crippen LogP contribution in [0.2, 0.25) is 0 Å². The van der Waals surface area contributed by atoms with Gasteiger partial charge in [-0.15, -0.1) is 0 Å². The Morgan fingerprint density at radius 2 is 1.97 bits per heavy atom. The number of anilines is 2. The van der Waals surface area contributed by atoms with Gasteiger partial charge in [0.1, 0.15) is 12.2 Å². The van der Waals surface area contributed by atoms with Crippen LogP contribution >= 0.6 is 11.3 Å². The topological polar surface area (TPSA) is 112 Å². The van der Waals surface area contributed by atoms with Crippen LogP contribution in [-0.2, 0) is 11.3 Å². The van der Waals surface area contributed by atoms with Gasteiger partial charge in [-0.1, -0.05) is 11.3 Å². The van der Waals surface area contributed by atoms with Crippen molar-refractivity contribution >= 4 is 38.3 Å². The third-order valence-electron chi connectivity index (χ3n) is 5.58. The molecule has 4 aromatic rings. The third kappa shape index (κ3) is 4.10. The molecule has 176 valence electrons. The zero-order valence-corrected chi connectivity index (χ0v) is 19.6. The van der Waals surface area contributed by atoms with Crippen molar-refractivity contribution in [2.75, 3.05) is 37.5 Å². The largest absolute Gasteiger partial charge is 0.493 e. The molecule has 10 nitrogen and oxygen atoms in total. The quantitative estimate of drug-likeness (QED) is 0.428. The lowest BCUT2D eigenvalue weighted by Crippen LogP contribution is -2.30. The number of thiazole rings is 1. The molecule has 0 saturated carbocycles. The monoisotopic (exact) mass is 481 g/mol. The SMILES string of the molecule is COc1ccc(NC(=O)Cn2nc(-c3ccco3)c3sc(N4CCCC4)nc3c2=O)cc1OC. The van der Waals surface area contributed by atoms with Crippen LogP contribution in [-0.4, -0.2) is 48.0 Å². The first kappa shape index (κ1) is 22.0. The van der Waals surface area contributed by atoms with Crippen molar-refractivity contribution in [2.45, 2.75) is 19.4 Å². The normalized spacial score (nSPS) is 13.4. The van der Waals surface area contributed by atoms with E-state index >= 15 is 0 Å². The molecule has 1 aromatic carbocycles. The third-order valence-corrected chi connectivity index (χ3v) is 6.70. The van der Waals surface area contributed by atoms with E-state index < -0.39 is 11.5 Å². The van der Waals surface area contributed by atoms with Crippen molar-refractivity contribution in [1.29, 1.82) is 0 Å². The number of nitrogens with one attached hydrogen (secondary N) is 1. The average Bonchev–Trinajstić information content (AvgIpc) is 3.62. The molecule has 1 fully saturated rings. The molecule has 0 unspecified atom stereocenters. The molecule has 1 N–H and O–H groups in total. The van der Waals surface area contributed by atoms with Crippen molar-refractivity contribution in [3.63, 3.8) is 0 Å². The molecular formula is C23H23N5O5S. The number of ether oxygens (including phenoxy) is 2. The molecule has 0 spiro atoms. The molecule has 0 aliphatic carbocycles. The second-order valence-electron chi connectivity index (χ2n) is 7.77. The fraction of sp³-hybridized carbons (Fsp3) is 0.304. The fourth-order valence-corrected chi connectivity index (χ4v) is 5.02. The van der Waals surface area contributed by atoms with Gasteiger partial charge in [0.05, 0.1) is 25.2 Å². The number of methoxy groups -OCH3 is 2. The smallest absolute Gasteiger partial charge is 0.294 e. The van der Waals surface area contributed by atoms with Crippen LogP contribution in [0.15, 0.2) is 45.8 Å². The number of hydrogen-bond acceptors (Lipinski definition) is 9. The highest BCUT2D eigenvalue weighted by atomic mass is 32.1. The Kier molecular flexibility index (Phi) is 5.93. The number of hydrogen-bond donors (Lipinski definition) is 1. The van der Waals surface area contributed by atoms with Crippen LogP contribution in [0, 0.1) is 0 Å². The van der Waals surface area contributed by atoms with Gasteiger partial charge < -0.3 is 24.1 Å². The Morgan fingerprint density at radius 3 is 2.68 bits per heavy atom. The van der Waals surface area contributed by atoms with Crippen molar-refractivity contribution in [3.05, 3.63) is 46.9 Å². The Labute approximate surface area is 198 Å². The van der Waals surface area contributed by atoms with E-state index in [0.29, 0.717) is 33.3 Å². The number of amides is 1. The van der Waals surface area contributed by atoms with Crippen molar-refractivity contribution in [1.82, 2.24) is 14.8 Å². The highest BCUT2D eigenvalue weighted by molar-refractivity contribution is 7.22. The summed E-state index contributed by atoms with van der Waals surface area (Å²) in [6.07, 6.45) is 3.74. The summed E-state index contributed by atoms with van der Waals surface area (Å²) in [6.45, 7) is 1.53. The lowest BCUT2D eigenvalue weighted by molar-refractivity contribution is -0.117. The molecule has 0 radical (unpaired) electrons. The highest BCUT2D eigenvalue weighted by Crippen LogP contribution is 2.35. The number of furan rings is 1. The number of rotatable bonds is 7. The summed E-state index contributed by atoms with van der Waals surface area (Å²) in [5.74, 6) is 1.12. The summed E-state index contributed by atoms with van der Waals surface area (Å²) in [5.41, 5.74) is 0.858. The first-order valence-corrected chi connectivity index (χ1v) is 11.6. The number of carbonyl (C=O) groups excluding carboxylic acids is 1. The first-order valence-electron chi connectivity index (χ1n) is 10.8. The predicted octanol–water partition coefficient (Wildman–Crippen LogP) is 3.37. The zero-order chi connectivity index (χ0) is 23.7. The summed E-state index contributed by atoms with van der Waals surface area (Å²) >= 11 is 1.42. The molecule has 1 aliphatic heterocycles. The molecule has 11 heteroatoms. The average molecular weight is 482 g/mol. The summed E-state index contributed by atoms with van der Waals surface area (Å²) in [5, 5.41) is 8.04. The van der Waals surface area contributed by atoms with E-state index in [-0.39, 0.29) is 12.1 Å². The van der Waals surface area contributed by atoms with Crippen molar-refractivity contribution < 1.29 is 18.7 Å². The minimum absolute atomic E-state index is 0.284. The Hall–Kier alpha value is -3.86. The van der Waals surface area contributed by atoms with Crippen LogP contribution in [0.3, 0.4) is 0 Å². The van der Waals surface area contributed by atoms with E-state index in [1.165, 1.54) is 25.6 Å². The highest BCUT2D eigenvalue weighted by Gasteiger charge is 2.23. The van der Waals surface area contributed by atoms with Gasteiger partial charge in [0.2, 0.25) is 5.91 Å². The number of carbonyl (C=O) groups is 1. The van der Waals surface area contributed by atoms with Crippen molar-refractivity contribution in [2.24, 2.45) is 0 Å². The minimum Gasteiger partial charge on any atom is -0.493 e. The van der Waals surface area contributed by atoms with Gasteiger partial charge in [-0.2, -0.15) is 5.10 Å². The second-order valence-corrected chi connectivity index (χ2v) is 8.75. The Morgan fingerprint density at radius 1 is 1.18 bits per heavy atom. The first-order chi connectivity index (χ1) is 16.6. The molecular weight excluding hydrogens is 458 g/mol. The van der Waals surface area contributed by atoms with E-state index in [1.807, 2.05) is 0 Å². The second kappa shape index (κ2) is 9.18. The maximum atomic E-state index is 13.2. The summed E-state index contributed by atoms with van der Waals surface area (Å²) in [4.78, 5) is 32.8. The Bertz CT molecular complexity index is 1390. The predicted molar refractivity (Wildman–Crippen MR) is 129 cm³/mol. The van der Waals surface area contributed by atoms with Gasteiger partial charge in [-0.25, -0.2) is 9.67 Å². The number of aromatic nitrogens is 3. The van der Waals surface area contributed by atoms with Crippen LogP contribution in [0.5, 0.6) is 11.5 Å². The summed E-state index contributed by atoms with van der Waals surface area (Å²) < 4.78 is 17.9.